The Morgan fingerprint density at radius 2 is 2.00 bits per heavy atom. The van der Waals surface area contributed by atoms with Gasteiger partial charge in [0.05, 0.1) is 28.2 Å². The molecule has 0 aliphatic rings. The van der Waals surface area contributed by atoms with Crippen LogP contribution in [0.4, 0.5) is 0 Å². The standard InChI is InChI=1S/C21H22N2O4S/c1-15-5-4-6-16(13-15)26-12-11-22-19(24)14-27-21(25)10-9-20-23-17-7-2-3-8-18(17)28-20/h2-8,13H,9-12,14H2,1H3,(H,22,24). The zero-order chi connectivity index (χ0) is 19.8. The summed E-state index contributed by atoms with van der Waals surface area (Å²) in [6.45, 7) is 2.39. The number of thiazole rings is 1. The third kappa shape index (κ3) is 6.06. The Bertz CT molecular complexity index is 921. The van der Waals surface area contributed by atoms with E-state index in [4.69, 9.17) is 9.47 Å². The Labute approximate surface area is 167 Å². The van der Waals surface area contributed by atoms with E-state index < -0.39 is 5.97 Å². The highest BCUT2D eigenvalue weighted by atomic mass is 32.1. The van der Waals surface area contributed by atoms with Gasteiger partial charge in [0.15, 0.2) is 6.61 Å². The number of carbonyl (C=O) groups is 2. The van der Waals surface area contributed by atoms with Crippen molar-refractivity contribution >= 4 is 33.4 Å². The van der Waals surface area contributed by atoms with Crippen LogP contribution in [0.15, 0.2) is 48.5 Å². The summed E-state index contributed by atoms with van der Waals surface area (Å²) in [4.78, 5) is 28.1. The van der Waals surface area contributed by atoms with Crippen LogP contribution in [0.3, 0.4) is 0 Å². The summed E-state index contributed by atoms with van der Waals surface area (Å²) in [6, 6.07) is 15.5. The average molecular weight is 398 g/mol. The fourth-order valence-corrected chi connectivity index (χ4v) is 3.54. The Kier molecular flexibility index (Phi) is 6.97. The van der Waals surface area contributed by atoms with Crippen molar-refractivity contribution in [3.8, 4) is 5.75 Å². The number of nitrogens with zero attached hydrogens (tertiary/aromatic N) is 1. The molecular weight excluding hydrogens is 376 g/mol. The van der Waals surface area contributed by atoms with E-state index in [-0.39, 0.29) is 18.9 Å². The summed E-state index contributed by atoms with van der Waals surface area (Å²) in [5.74, 6) is 0.00196. The minimum absolute atomic E-state index is 0.198. The summed E-state index contributed by atoms with van der Waals surface area (Å²) in [5, 5.41) is 3.55. The number of hydrogen-bond acceptors (Lipinski definition) is 6. The quantitative estimate of drug-likeness (QED) is 0.442. The predicted molar refractivity (Wildman–Crippen MR) is 109 cm³/mol. The molecular formula is C21H22N2O4S. The molecule has 1 aromatic heterocycles. The number of fused-ring (bicyclic) bond motifs is 1. The normalized spacial score (nSPS) is 10.6. The van der Waals surface area contributed by atoms with Gasteiger partial charge in [0.25, 0.3) is 5.91 Å². The number of esters is 1. The zero-order valence-electron chi connectivity index (χ0n) is 15.6. The lowest BCUT2D eigenvalue weighted by Crippen LogP contribution is -2.32. The molecule has 0 saturated carbocycles. The Morgan fingerprint density at radius 1 is 1.14 bits per heavy atom. The minimum Gasteiger partial charge on any atom is -0.492 e. The van der Waals surface area contributed by atoms with Crippen LogP contribution >= 0.6 is 11.3 Å². The van der Waals surface area contributed by atoms with Gasteiger partial charge in [-0.1, -0.05) is 24.3 Å². The van der Waals surface area contributed by atoms with Crippen LogP contribution in [0, 0.1) is 6.92 Å². The molecule has 1 heterocycles. The molecule has 0 spiro atoms. The molecule has 0 aliphatic carbocycles. The van der Waals surface area contributed by atoms with Crippen LogP contribution in [0.2, 0.25) is 0 Å². The molecule has 0 fully saturated rings. The van der Waals surface area contributed by atoms with Crippen molar-refractivity contribution in [3.63, 3.8) is 0 Å². The topological polar surface area (TPSA) is 77.5 Å². The van der Waals surface area contributed by atoms with Crippen molar-refractivity contribution in [3.05, 3.63) is 59.1 Å². The van der Waals surface area contributed by atoms with Gasteiger partial charge in [0.2, 0.25) is 0 Å². The lowest BCUT2D eigenvalue weighted by molar-refractivity contribution is -0.148. The fraction of sp³-hybridized carbons (Fsp3) is 0.286. The first-order valence-corrected chi connectivity index (χ1v) is 9.88. The summed E-state index contributed by atoms with van der Waals surface area (Å²) in [7, 11) is 0. The molecule has 2 aromatic carbocycles. The van der Waals surface area contributed by atoms with Gasteiger partial charge < -0.3 is 14.8 Å². The maximum Gasteiger partial charge on any atom is 0.306 e. The van der Waals surface area contributed by atoms with Gasteiger partial charge in [-0.2, -0.15) is 0 Å². The molecule has 7 heteroatoms. The number of carbonyl (C=O) groups excluding carboxylic acids is 2. The maximum atomic E-state index is 11.8. The van der Waals surface area contributed by atoms with E-state index in [1.807, 2.05) is 55.5 Å². The smallest absolute Gasteiger partial charge is 0.306 e. The summed E-state index contributed by atoms with van der Waals surface area (Å²) >= 11 is 1.56. The SMILES string of the molecule is Cc1cccc(OCCNC(=O)COC(=O)CCc2nc3ccccc3s2)c1. The highest BCUT2D eigenvalue weighted by Gasteiger charge is 2.10. The van der Waals surface area contributed by atoms with Crippen molar-refractivity contribution < 1.29 is 19.1 Å². The number of para-hydroxylation sites is 1. The highest BCUT2D eigenvalue weighted by molar-refractivity contribution is 7.18. The first kappa shape index (κ1) is 19.8. The second kappa shape index (κ2) is 9.85. The van der Waals surface area contributed by atoms with E-state index in [2.05, 4.69) is 10.3 Å². The number of aromatic nitrogens is 1. The molecule has 0 bridgehead atoms. The van der Waals surface area contributed by atoms with Crippen LogP contribution in [0.25, 0.3) is 10.2 Å². The van der Waals surface area contributed by atoms with Gasteiger partial charge in [-0.25, -0.2) is 4.98 Å². The first-order chi connectivity index (χ1) is 13.6. The predicted octanol–water partition coefficient (Wildman–Crippen LogP) is 3.28. The van der Waals surface area contributed by atoms with Gasteiger partial charge in [0, 0.05) is 6.42 Å². The Morgan fingerprint density at radius 3 is 2.82 bits per heavy atom. The molecule has 28 heavy (non-hydrogen) atoms. The van der Waals surface area contributed by atoms with E-state index in [1.165, 1.54) is 0 Å². The molecule has 1 amide bonds. The fourth-order valence-electron chi connectivity index (χ4n) is 2.57. The maximum absolute atomic E-state index is 11.8. The van der Waals surface area contributed by atoms with Gasteiger partial charge in [-0.3, -0.25) is 9.59 Å². The van der Waals surface area contributed by atoms with Gasteiger partial charge in [-0.05, 0) is 36.8 Å². The Balaban J connectivity index is 1.30. The van der Waals surface area contributed by atoms with Gasteiger partial charge >= 0.3 is 5.97 Å². The number of amides is 1. The molecule has 146 valence electrons. The number of hydrogen-bond donors (Lipinski definition) is 1. The van der Waals surface area contributed by atoms with Crippen molar-refractivity contribution in [2.75, 3.05) is 19.8 Å². The molecule has 0 radical (unpaired) electrons. The van der Waals surface area contributed by atoms with Crippen molar-refractivity contribution in [1.29, 1.82) is 0 Å². The number of ether oxygens (including phenoxy) is 2. The number of aryl methyl sites for hydroxylation is 2. The second-order valence-corrected chi connectivity index (χ2v) is 7.37. The molecule has 3 rings (SSSR count). The van der Waals surface area contributed by atoms with Crippen LogP contribution in [-0.2, 0) is 20.7 Å². The van der Waals surface area contributed by atoms with E-state index in [0.717, 1.165) is 26.5 Å². The lowest BCUT2D eigenvalue weighted by atomic mass is 10.2. The number of rotatable bonds is 9. The van der Waals surface area contributed by atoms with Crippen LogP contribution in [0.5, 0.6) is 5.75 Å². The van der Waals surface area contributed by atoms with E-state index in [9.17, 15) is 9.59 Å². The zero-order valence-corrected chi connectivity index (χ0v) is 16.5. The molecule has 1 N–H and O–H groups in total. The molecule has 0 unspecified atom stereocenters. The second-order valence-electron chi connectivity index (χ2n) is 6.25. The van der Waals surface area contributed by atoms with E-state index >= 15 is 0 Å². The van der Waals surface area contributed by atoms with Crippen molar-refractivity contribution in [2.24, 2.45) is 0 Å². The third-order valence-corrected chi connectivity index (χ3v) is 5.02. The first-order valence-electron chi connectivity index (χ1n) is 9.06. The van der Waals surface area contributed by atoms with Crippen molar-refractivity contribution in [1.82, 2.24) is 10.3 Å². The molecule has 0 aliphatic heterocycles. The van der Waals surface area contributed by atoms with Gasteiger partial charge in [0.1, 0.15) is 12.4 Å². The third-order valence-electron chi connectivity index (χ3n) is 3.93. The van der Waals surface area contributed by atoms with E-state index in [0.29, 0.717) is 19.6 Å². The molecule has 3 aromatic rings. The summed E-state index contributed by atoms with van der Waals surface area (Å²) in [5.41, 5.74) is 2.04. The van der Waals surface area contributed by atoms with Crippen LogP contribution < -0.4 is 10.1 Å². The highest BCUT2D eigenvalue weighted by Crippen LogP contribution is 2.22. The van der Waals surface area contributed by atoms with Crippen LogP contribution in [0.1, 0.15) is 17.0 Å². The minimum atomic E-state index is -0.412. The summed E-state index contributed by atoms with van der Waals surface area (Å²) < 4.78 is 11.7. The average Bonchev–Trinajstić information content (AvgIpc) is 3.11. The van der Waals surface area contributed by atoms with Crippen molar-refractivity contribution in [2.45, 2.75) is 19.8 Å². The lowest BCUT2D eigenvalue weighted by Gasteiger charge is -2.08. The molecule has 0 saturated heterocycles. The number of nitrogens with one attached hydrogen (secondary N) is 1. The monoisotopic (exact) mass is 398 g/mol. The molecule has 6 nitrogen and oxygen atoms in total. The number of benzene rings is 2. The Hall–Kier alpha value is -2.93. The largest absolute Gasteiger partial charge is 0.492 e. The van der Waals surface area contributed by atoms with Crippen LogP contribution in [-0.4, -0.2) is 36.6 Å². The summed E-state index contributed by atoms with van der Waals surface area (Å²) in [6.07, 6.45) is 0.702. The van der Waals surface area contributed by atoms with Gasteiger partial charge in [-0.15, -0.1) is 11.3 Å². The van der Waals surface area contributed by atoms with E-state index in [1.54, 1.807) is 11.3 Å². The molecule has 0 atom stereocenters.